The molecular weight excluding hydrogens is 258 g/mol. The molecule has 1 rings (SSSR count). The molecule has 1 aliphatic heterocycles. The van der Waals surface area contributed by atoms with Crippen LogP contribution in [0.15, 0.2) is 0 Å². The zero-order chi connectivity index (χ0) is 15.5. The van der Waals surface area contributed by atoms with Gasteiger partial charge < -0.3 is 20.7 Å². The molecule has 0 aromatic heterocycles. The van der Waals surface area contributed by atoms with E-state index in [0.29, 0.717) is 13.1 Å². The fraction of sp³-hybridized carbons (Fsp3) is 0.857. The molecule has 0 radical (unpaired) electrons. The van der Waals surface area contributed by atoms with E-state index in [9.17, 15) is 9.59 Å². The molecule has 0 aromatic rings. The van der Waals surface area contributed by atoms with Crippen LogP contribution in [0.25, 0.3) is 0 Å². The van der Waals surface area contributed by atoms with Crippen LogP contribution in [0.3, 0.4) is 0 Å². The third-order valence-corrected chi connectivity index (χ3v) is 3.21. The van der Waals surface area contributed by atoms with E-state index in [0.717, 1.165) is 6.42 Å². The first-order chi connectivity index (χ1) is 9.10. The Kier molecular flexibility index (Phi) is 5.39. The van der Waals surface area contributed by atoms with Crippen LogP contribution in [0.2, 0.25) is 0 Å². The van der Waals surface area contributed by atoms with E-state index < -0.39 is 11.6 Å². The lowest BCUT2D eigenvalue weighted by Gasteiger charge is -2.24. The molecule has 0 bridgehead atoms. The van der Waals surface area contributed by atoms with E-state index in [2.05, 4.69) is 5.32 Å². The Morgan fingerprint density at radius 2 is 1.95 bits per heavy atom. The molecule has 2 amide bonds. The van der Waals surface area contributed by atoms with Gasteiger partial charge in [-0.05, 0) is 33.1 Å². The second kappa shape index (κ2) is 6.43. The van der Waals surface area contributed by atoms with Gasteiger partial charge in [0.2, 0.25) is 5.91 Å². The molecule has 6 heteroatoms. The second-order valence-corrected chi connectivity index (χ2v) is 6.69. The van der Waals surface area contributed by atoms with Crippen molar-refractivity contribution in [3.05, 3.63) is 0 Å². The molecule has 1 saturated heterocycles. The van der Waals surface area contributed by atoms with Crippen LogP contribution in [-0.2, 0) is 9.53 Å². The number of nitrogens with zero attached hydrogens (tertiary/aromatic N) is 1. The highest BCUT2D eigenvalue weighted by atomic mass is 16.6. The Hall–Kier alpha value is -1.30. The summed E-state index contributed by atoms with van der Waals surface area (Å²) in [5, 5.41) is 2.89. The van der Waals surface area contributed by atoms with Gasteiger partial charge in [-0.25, -0.2) is 4.79 Å². The Labute approximate surface area is 121 Å². The number of amides is 2. The van der Waals surface area contributed by atoms with E-state index in [4.69, 9.17) is 10.5 Å². The molecule has 6 nitrogen and oxygen atoms in total. The second-order valence-electron chi connectivity index (χ2n) is 6.69. The van der Waals surface area contributed by atoms with E-state index in [1.807, 2.05) is 34.6 Å². The number of ether oxygens (including phenoxy) is 1. The first kappa shape index (κ1) is 16.8. The van der Waals surface area contributed by atoms with Crippen molar-refractivity contribution >= 4 is 12.0 Å². The minimum atomic E-state index is -0.509. The van der Waals surface area contributed by atoms with Gasteiger partial charge in [0.25, 0.3) is 0 Å². The molecule has 2 unspecified atom stereocenters. The summed E-state index contributed by atoms with van der Waals surface area (Å²) < 4.78 is 5.31. The topological polar surface area (TPSA) is 84.7 Å². The number of carbonyl (C=O) groups excluding carboxylic acids is 2. The average Bonchev–Trinajstić information content (AvgIpc) is 2.74. The number of nitrogens with two attached hydrogens (primary N) is 1. The minimum Gasteiger partial charge on any atom is -0.444 e. The zero-order valence-electron chi connectivity index (χ0n) is 13.1. The molecule has 0 spiro atoms. The maximum atomic E-state index is 11.9. The maximum absolute atomic E-state index is 11.9. The smallest absolute Gasteiger partial charge is 0.410 e. The fourth-order valence-corrected chi connectivity index (χ4v) is 1.97. The lowest BCUT2D eigenvalue weighted by molar-refractivity contribution is -0.123. The van der Waals surface area contributed by atoms with Crippen molar-refractivity contribution in [1.82, 2.24) is 10.2 Å². The summed E-state index contributed by atoms with van der Waals surface area (Å²) >= 11 is 0. The number of rotatable bonds is 3. The normalized spacial score (nSPS) is 20.9. The van der Waals surface area contributed by atoms with Gasteiger partial charge in [0.1, 0.15) is 5.60 Å². The number of nitrogens with one attached hydrogen (secondary N) is 1. The van der Waals surface area contributed by atoms with Crippen LogP contribution in [0.1, 0.15) is 41.0 Å². The summed E-state index contributed by atoms with van der Waals surface area (Å²) in [7, 11) is 0. The quantitative estimate of drug-likeness (QED) is 0.813. The van der Waals surface area contributed by atoms with Crippen LogP contribution in [0, 0.1) is 5.92 Å². The Morgan fingerprint density at radius 3 is 2.45 bits per heavy atom. The van der Waals surface area contributed by atoms with Crippen LogP contribution >= 0.6 is 0 Å². The lowest BCUT2D eigenvalue weighted by atomic mass is 10.0. The van der Waals surface area contributed by atoms with Crippen molar-refractivity contribution in [1.29, 1.82) is 0 Å². The third kappa shape index (κ3) is 5.00. The van der Waals surface area contributed by atoms with Gasteiger partial charge in [-0.2, -0.15) is 0 Å². The van der Waals surface area contributed by atoms with E-state index in [-0.39, 0.29) is 24.0 Å². The molecule has 0 saturated carbocycles. The van der Waals surface area contributed by atoms with E-state index >= 15 is 0 Å². The van der Waals surface area contributed by atoms with Crippen molar-refractivity contribution in [2.75, 3.05) is 13.1 Å². The van der Waals surface area contributed by atoms with Crippen molar-refractivity contribution in [2.45, 2.75) is 58.7 Å². The van der Waals surface area contributed by atoms with Crippen LogP contribution < -0.4 is 11.1 Å². The molecule has 1 fully saturated rings. The highest BCUT2D eigenvalue weighted by Gasteiger charge is 2.31. The maximum Gasteiger partial charge on any atom is 0.410 e. The Morgan fingerprint density at radius 1 is 1.35 bits per heavy atom. The zero-order valence-corrected chi connectivity index (χ0v) is 13.1. The SMILES string of the molecule is CC(C)C(N)C(=O)NC1CCN(C(=O)OC(C)(C)C)C1. The first-order valence-corrected chi connectivity index (χ1v) is 7.14. The molecule has 116 valence electrons. The van der Waals surface area contributed by atoms with Crippen molar-refractivity contribution in [3.8, 4) is 0 Å². The fourth-order valence-electron chi connectivity index (χ4n) is 1.97. The standard InChI is InChI=1S/C14H27N3O3/c1-9(2)11(15)12(18)16-10-6-7-17(8-10)13(19)20-14(3,4)5/h9-11H,6-8,15H2,1-5H3,(H,16,18). The molecule has 1 heterocycles. The van der Waals surface area contributed by atoms with Crippen molar-refractivity contribution in [2.24, 2.45) is 11.7 Å². The summed E-state index contributed by atoms with van der Waals surface area (Å²) in [4.78, 5) is 25.4. The van der Waals surface area contributed by atoms with Gasteiger partial charge in [0, 0.05) is 19.1 Å². The lowest BCUT2D eigenvalue weighted by Crippen LogP contribution is -2.48. The third-order valence-electron chi connectivity index (χ3n) is 3.21. The summed E-state index contributed by atoms with van der Waals surface area (Å²) in [5.41, 5.74) is 5.30. The molecule has 0 aliphatic carbocycles. The van der Waals surface area contributed by atoms with Crippen molar-refractivity contribution < 1.29 is 14.3 Å². The van der Waals surface area contributed by atoms with Gasteiger partial charge in [-0.15, -0.1) is 0 Å². The minimum absolute atomic E-state index is 0.0418. The van der Waals surface area contributed by atoms with E-state index in [1.165, 1.54) is 0 Å². The highest BCUT2D eigenvalue weighted by molar-refractivity contribution is 5.82. The number of carbonyl (C=O) groups is 2. The van der Waals surface area contributed by atoms with Crippen molar-refractivity contribution in [3.63, 3.8) is 0 Å². The Bertz CT molecular complexity index is 363. The van der Waals surface area contributed by atoms with Gasteiger partial charge in [-0.1, -0.05) is 13.8 Å². The average molecular weight is 285 g/mol. The molecule has 1 aliphatic rings. The molecular formula is C14H27N3O3. The van der Waals surface area contributed by atoms with Gasteiger partial charge in [-0.3, -0.25) is 4.79 Å². The summed E-state index contributed by atoms with van der Waals surface area (Å²) in [6, 6.07) is -0.551. The number of hydrogen-bond acceptors (Lipinski definition) is 4. The monoisotopic (exact) mass is 285 g/mol. The Balaban J connectivity index is 2.44. The van der Waals surface area contributed by atoms with Crippen LogP contribution in [0.5, 0.6) is 0 Å². The number of hydrogen-bond donors (Lipinski definition) is 2. The molecule has 20 heavy (non-hydrogen) atoms. The van der Waals surface area contributed by atoms with Crippen LogP contribution in [-0.4, -0.2) is 47.7 Å². The molecule has 2 atom stereocenters. The molecule has 3 N–H and O–H groups in total. The first-order valence-electron chi connectivity index (χ1n) is 7.14. The summed E-state index contributed by atoms with van der Waals surface area (Å²) in [5.74, 6) is -0.0607. The van der Waals surface area contributed by atoms with Crippen LogP contribution in [0.4, 0.5) is 4.79 Å². The van der Waals surface area contributed by atoms with E-state index in [1.54, 1.807) is 4.90 Å². The summed E-state index contributed by atoms with van der Waals surface area (Å²) in [6.07, 6.45) is 0.401. The van der Waals surface area contributed by atoms with Gasteiger partial charge in [0.15, 0.2) is 0 Å². The summed E-state index contributed by atoms with van der Waals surface area (Å²) in [6.45, 7) is 10.4. The van der Waals surface area contributed by atoms with Gasteiger partial charge in [0.05, 0.1) is 6.04 Å². The predicted molar refractivity (Wildman–Crippen MR) is 77.2 cm³/mol. The largest absolute Gasteiger partial charge is 0.444 e. The highest BCUT2D eigenvalue weighted by Crippen LogP contribution is 2.15. The van der Waals surface area contributed by atoms with Gasteiger partial charge >= 0.3 is 6.09 Å². The molecule has 0 aromatic carbocycles. The number of likely N-dealkylation sites (tertiary alicyclic amines) is 1. The predicted octanol–water partition coefficient (Wildman–Crippen LogP) is 1.10.